The lowest BCUT2D eigenvalue weighted by molar-refractivity contribution is 0.571. The summed E-state index contributed by atoms with van der Waals surface area (Å²) in [6, 6.07) is 0. The first-order valence-electron chi connectivity index (χ1n) is 3.07. The Morgan fingerprint density at radius 3 is 2.64 bits per heavy atom. The van der Waals surface area contributed by atoms with Crippen molar-refractivity contribution in [3.63, 3.8) is 0 Å². The molecule has 0 amide bonds. The van der Waals surface area contributed by atoms with Crippen LogP contribution in [0.3, 0.4) is 0 Å². The smallest absolute Gasteiger partial charge is 0.149 e. The molecule has 0 aromatic heterocycles. The highest BCUT2D eigenvalue weighted by molar-refractivity contribution is 7.78. The van der Waals surface area contributed by atoms with E-state index in [0.29, 0.717) is 0 Å². The molecule has 0 spiro atoms. The molecule has 11 heavy (non-hydrogen) atoms. The molecule has 0 aromatic rings. The summed E-state index contributed by atoms with van der Waals surface area (Å²) in [5.41, 5.74) is 0. The highest BCUT2D eigenvalue weighted by Gasteiger charge is 1.96. The molecule has 0 aliphatic carbocycles. The molecule has 1 atom stereocenters. The van der Waals surface area contributed by atoms with E-state index in [1.807, 2.05) is 4.90 Å². The van der Waals surface area contributed by atoms with E-state index in [2.05, 4.69) is 11.6 Å². The van der Waals surface area contributed by atoms with Crippen molar-refractivity contribution in [3.05, 3.63) is 12.8 Å². The van der Waals surface area contributed by atoms with Gasteiger partial charge in [-0.3, -0.25) is 4.99 Å². The van der Waals surface area contributed by atoms with Crippen LogP contribution in [0.15, 0.2) is 17.8 Å². The van der Waals surface area contributed by atoms with Gasteiger partial charge in [-0.2, -0.15) is 0 Å². The van der Waals surface area contributed by atoms with Crippen molar-refractivity contribution < 1.29 is 8.76 Å². The molecular weight excluding hydrogens is 164 g/mol. The fourth-order valence-corrected chi connectivity index (χ4v) is 0.532. The van der Waals surface area contributed by atoms with Gasteiger partial charge in [-0.05, 0) is 6.20 Å². The number of rotatable bonds is 1. The van der Waals surface area contributed by atoms with Gasteiger partial charge >= 0.3 is 0 Å². The van der Waals surface area contributed by atoms with E-state index in [9.17, 15) is 0 Å². The van der Waals surface area contributed by atoms with Crippen molar-refractivity contribution in [1.82, 2.24) is 4.90 Å². The van der Waals surface area contributed by atoms with Crippen LogP contribution in [-0.4, -0.2) is 39.3 Å². The molecule has 0 bridgehead atoms. The quantitative estimate of drug-likeness (QED) is 0.585. The van der Waals surface area contributed by atoms with Crippen molar-refractivity contribution >= 4 is 17.4 Å². The molecule has 1 heterocycles. The third-order valence-electron chi connectivity index (χ3n) is 0.952. The summed E-state index contributed by atoms with van der Waals surface area (Å²) in [6.07, 6.45) is 4.77. The third-order valence-corrected chi connectivity index (χ3v) is 0.952. The Morgan fingerprint density at radius 2 is 2.45 bits per heavy atom. The Labute approximate surface area is 68.9 Å². The molecule has 1 aliphatic heterocycles. The maximum atomic E-state index is 9.11. The van der Waals surface area contributed by atoms with E-state index in [1.54, 1.807) is 12.5 Å². The van der Waals surface area contributed by atoms with Gasteiger partial charge in [0.2, 0.25) is 0 Å². The molecule has 0 saturated heterocycles. The highest BCUT2D eigenvalue weighted by Crippen LogP contribution is 1.90. The summed E-state index contributed by atoms with van der Waals surface area (Å²) < 4.78 is 16.6. The van der Waals surface area contributed by atoms with E-state index < -0.39 is 11.1 Å². The lowest BCUT2D eigenvalue weighted by Crippen LogP contribution is -2.09. The van der Waals surface area contributed by atoms with Crippen LogP contribution in [-0.2, 0) is 11.1 Å². The van der Waals surface area contributed by atoms with Gasteiger partial charge < -0.3 is 9.45 Å². The second kappa shape index (κ2) is 6.06. The van der Waals surface area contributed by atoms with Crippen molar-refractivity contribution in [1.29, 1.82) is 0 Å². The molecule has 0 fully saturated rings. The predicted molar refractivity (Wildman–Crippen MR) is 47.0 cm³/mol. The zero-order valence-corrected chi connectivity index (χ0v) is 7.25. The van der Waals surface area contributed by atoms with E-state index in [4.69, 9.17) is 8.76 Å². The van der Waals surface area contributed by atoms with Crippen LogP contribution < -0.4 is 0 Å². The maximum absolute atomic E-state index is 9.11. The van der Waals surface area contributed by atoms with Crippen LogP contribution in [0.1, 0.15) is 0 Å². The molecule has 0 saturated carbocycles. The largest absolute Gasteiger partial charge is 0.338 e. The number of hydrogen-bond acceptors (Lipinski definition) is 3. The first-order chi connectivity index (χ1) is 5.16. The molecule has 4 nitrogen and oxygen atoms in total. The minimum absolute atomic E-state index is 0.923. The van der Waals surface area contributed by atoms with Gasteiger partial charge in [-0.1, -0.05) is 6.58 Å². The van der Waals surface area contributed by atoms with Crippen molar-refractivity contribution in [2.75, 3.05) is 19.3 Å². The average molecular weight is 176 g/mol. The Hall–Kier alpha value is -0.680. The van der Waals surface area contributed by atoms with E-state index in [0.717, 1.165) is 13.1 Å². The van der Waals surface area contributed by atoms with Crippen LogP contribution in [0, 0.1) is 0 Å². The molecule has 0 aromatic carbocycles. The summed E-state index contributed by atoms with van der Waals surface area (Å²) >= 11 is -1.61. The molecule has 0 radical (unpaired) electrons. The van der Waals surface area contributed by atoms with E-state index >= 15 is 0 Å². The van der Waals surface area contributed by atoms with Gasteiger partial charge in [0.1, 0.15) is 11.1 Å². The minimum Gasteiger partial charge on any atom is -0.338 e. The molecule has 1 unspecified atom stereocenters. The molecule has 1 N–H and O–H groups in total. The molecule has 1 rings (SSSR count). The first-order valence-corrected chi connectivity index (χ1v) is 4.59. The Morgan fingerprint density at radius 1 is 1.91 bits per heavy atom. The fraction of sp³-hybridized carbons (Fsp3) is 0.500. The SMILES string of the molecule is C=CN1C=NCC1.CS(=O)O. The number of nitrogens with zero attached hydrogens (tertiary/aromatic N) is 2. The van der Waals surface area contributed by atoms with Gasteiger partial charge in [0, 0.05) is 12.8 Å². The Balaban J connectivity index is 0.000000218. The van der Waals surface area contributed by atoms with Crippen molar-refractivity contribution in [3.8, 4) is 0 Å². The molecule has 64 valence electrons. The zero-order valence-electron chi connectivity index (χ0n) is 6.43. The van der Waals surface area contributed by atoms with Crippen LogP contribution >= 0.6 is 0 Å². The van der Waals surface area contributed by atoms with Crippen LogP contribution in [0.5, 0.6) is 0 Å². The summed E-state index contributed by atoms with van der Waals surface area (Å²) in [4.78, 5) is 5.92. The summed E-state index contributed by atoms with van der Waals surface area (Å²) in [7, 11) is 0. The first kappa shape index (κ1) is 10.3. The van der Waals surface area contributed by atoms with Crippen molar-refractivity contribution in [2.45, 2.75) is 0 Å². The van der Waals surface area contributed by atoms with Gasteiger partial charge in [-0.25, -0.2) is 4.21 Å². The van der Waals surface area contributed by atoms with Crippen LogP contribution in [0.25, 0.3) is 0 Å². The van der Waals surface area contributed by atoms with E-state index in [1.165, 1.54) is 6.26 Å². The summed E-state index contributed by atoms with van der Waals surface area (Å²) in [6.45, 7) is 5.50. The topological polar surface area (TPSA) is 52.9 Å². The van der Waals surface area contributed by atoms with Crippen LogP contribution in [0.4, 0.5) is 0 Å². The monoisotopic (exact) mass is 176 g/mol. The van der Waals surface area contributed by atoms with Gasteiger partial charge in [0.05, 0.1) is 12.9 Å². The number of aliphatic imine (C=N–C) groups is 1. The van der Waals surface area contributed by atoms with Crippen LogP contribution in [0.2, 0.25) is 0 Å². The predicted octanol–water partition coefficient (Wildman–Crippen LogP) is 0.312. The van der Waals surface area contributed by atoms with Gasteiger partial charge in [0.25, 0.3) is 0 Å². The normalized spacial score (nSPS) is 17.1. The lowest BCUT2D eigenvalue weighted by atomic mass is 10.6. The second-order valence-electron chi connectivity index (χ2n) is 1.87. The standard InChI is InChI=1S/C5H8N2.CH4O2S/c1-2-7-4-3-6-5-7;1-4(2)3/h2,5H,1,3-4H2;1H3,(H,2,3). The average Bonchev–Trinajstić information content (AvgIpc) is 2.36. The summed E-state index contributed by atoms with van der Waals surface area (Å²) in [5.74, 6) is 0. The number of hydrogen-bond donors (Lipinski definition) is 1. The molecular formula is C6H12N2O2S. The lowest BCUT2D eigenvalue weighted by Gasteiger charge is -2.02. The van der Waals surface area contributed by atoms with Gasteiger partial charge in [0.15, 0.2) is 0 Å². The van der Waals surface area contributed by atoms with E-state index in [-0.39, 0.29) is 0 Å². The molecule has 1 aliphatic rings. The second-order valence-corrected chi connectivity index (χ2v) is 2.71. The zero-order chi connectivity index (χ0) is 8.69. The summed E-state index contributed by atoms with van der Waals surface area (Å²) in [5, 5.41) is 0. The van der Waals surface area contributed by atoms with Gasteiger partial charge in [-0.15, -0.1) is 0 Å². The third kappa shape index (κ3) is 7.21. The van der Waals surface area contributed by atoms with Crippen molar-refractivity contribution in [2.24, 2.45) is 4.99 Å². The highest BCUT2D eigenvalue weighted by atomic mass is 32.2. The Kier molecular flexibility index (Phi) is 5.68. The molecule has 5 heteroatoms. The minimum atomic E-state index is -1.61. The fourth-order valence-electron chi connectivity index (χ4n) is 0.532. The maximum Gasteiger partial charge on any atom is 0.149 e. The Bertz CT molecular complexity index is 166.